The van der Waals surface area contributed by atoms with E-state index >= 15 is 0 Å². The van der Waals surface area contributed by atoms with Crippen LogP contribution in [0.1, 0.15) is 43.5 Å². The molecule has 1 saturated heterocycles. The molecule has 1 aromatic heterocycles. The molecule has 0 aliphatic carbocycles. The predicted molar refractivity (Wildman–Crippen MR) is 106 cm³/mol. The van der Waals surface area contributed by atoms with Crippen molar-refractivity contribution >= 4 is 23.3 Å². The Balaban J connectivity index is 1.43. The Morgan fingerprint density at radius 2 is 2.11 bits per heavy atom. The van der Waals surface area contributed by atoms with Gasteiger partial charge in [0.25, 0.3) is 5.91 Å². The first-order valence-corrected chi connectivity index (χ1v) is 10.8. The van der Waals surface area contributed by atoms with E-state index in [2.05, 4.69) is 17.1 Å². The van der Waals surface area contributed by atoms with Crippen LogP contribution >= 0.6 is 11.3 Å². The number of nitrogens with zero attached hydrogens (tertiary/aromatic N) is 3. The molecular weight excluding hydrogens is 360 g/mol. The fourth-order valence-electron chi connectivity index (χ4n) is 4.43. The van der Waals surface area contributed by atoms with Gasteiger partial charge in [-0.1, -0.05) is 12.5 Å². The zero-order valence-corrected chi connectivity index (χ0v) is 16.9. The molecule has 0 saturated carbocycles. The molecule has 0 aromatic carbocycles. The third kappa shape index (κ3) is 3.50. The van der Waals surface area contributed by atoms with E-state index in [-0.39, 0.29) is 18.0 Å². The van der Waals surface area contributed by atoms with E-state index in [9.17, 15) is 9.59 Å². The lowest BCUT2D eigenvalue weighted by molar-refractivity contribution is -0.125. The van der Waals surface area contributed by atoms with Gasteiger partial charge >= 0.3 is 6.03 Å². The summed E-state index contributed by atoms with van der Waals surface area (Å²) in [5.74, 6) is 0.0712. The molecule has 2 unspecified atom stereocenters. The summed E-state index contributed by atoms with van der Waals surface area (Å²) in [5, 5.41) is 4.97. The van der Waals surface area contributed by atoms with Crippen LogP contribution in [0.25, 0.3) is 0 Å². The van der Waals surface area contributed by atoms with E-state index in [1.807, 2.05) is 22.4 Å². The normalized spacial score (nSPS) is 26.6. The molecule has 27 heavy (non-hydrogen) atoms. The maximum atomic E-state index is 13.1. The zero-order valence-electron chi connectivity index (χ0n) is 16.1. The first-order valence-electron chi connectivity index (χ1n) is 9.90. The van der Waals surface area contributed by atoms with Crippen LogP contribution in [-0.2, 0) is 4.79 Å². The van der Waals surface area contributed by atoms with Crippen LogP contribution in [0.4, 0.5) is 4.79 Å². The van der Waals surface area contributed by atoms with Crippen LogP contribution in [0, 0.1) is 0 Å². The van der Waals surface area contributed by atoms with Crippen molar-refractivity contribution in [2.45, 2.75) is 44.7 Å². The Bertz CT molecular complexity index is 745. The first-order chi connectivity index (χ1) is 13.1. The Kier molecular flexibility index (Phi) is 5.23. The fourth-order valence-corrected chi connectivity index (χ4v) is 5.21. The monoisotopic (exact) mass is 388 g/mol. The second-order valence-electron chi connectivity index (χ2n) is 7.78. The molecule has 2 atom stereocenters. The second-order valence-corrected chi connectivity index (χ2v) is 8.76. The van der Waals surface area contributed by atoms with Gasteiger partial charge in [-0.3, -0.25) is 9.69 Å². The SMILES string of the molecule is CC1CCCCN1CCCN1CC2=C(C1=O)C(c1cccs1)NC(=O)N2C. The van der Waals surface area contributed by atoms with E-state index in [4.69, 9.17) is 0 Å². The highest BCUT2D eigenvalue weighted by Crippen LogP contribution is 2.37. The molecule has 6 nitrogen and oxygen atoms in total. The van der Waals surface area contributed by atoms with Gasteiger partial charge in [0.05, 0.1) is 23.9 Å². The van der Waals surface area contributed by atoms with Crippen molar-refractivity contribution in [1.82, 2.24) is 20.0 Å². The minimum atomic E-state index is -0.316. The van der Waals surface area contributed by atoms with Crippen LogP contribution in [0.15, 0.2) is 28.8 Å². The lowest BCUT2D eigenvalue weighted by Crippen LogP contribution is -2.45. The molecule has 3 amide bonds. The molecule has 3 aliphatic heterocycles. The topological polar surface area (TPSA) is 55.9 Å². The number of hydrogen-bond acceptors (Lipinski definition) is 4. The third-order valence-corrected chi connectivity index (χ3v) is 7.01. The number of nitrogens with one attached hydrogen (secondary N) is 1. The van der Waals surface area contributed by atoms with Gasteiger partial charge in [-0.25, -0.2) is 4.79 Å². The average molecular weight is 389 g/mol. The summed E-state index contributed by atoms with van der Waals surface area (Å²) in [6.45, 7) is 5.80. The molecule has 0 radical (unpaired) electrons. The van der Waals surface area contributed by atoms with E-state index in [1.165, 1.54) is 25.8 Å². The zero-order chi connectivity index (χ0) is 19.0. The quantitative estimate of drug-likeness (QED) is 0.844. The molecule has 3 aliphatic rings. The van der Waals surface area contributed by atoms with Crippen molar-refractivity contribution in [2.24, 2.45) is 0 Å². The molecular formula is C20H28N4O2S. The summed E-state index contributed by atoms with van der Waals surface area (Å²) in [6, 6.07) is 4.14. The molecule has 0 spiro atoms. The van der Waals surface area contributed by atoms with Crippen LogP contribution in [0.3, 0.4) is 0 Å². The summed E-state index contributed by atoms with van der Waals surface area (Å²) in [6.07, 6.45) is 4.87. The Morgan fingerprint density at radius 1 is 1.26 bits per heavy atom. The maximum absolute atomic E-state index is 13.1. The van der Waals surface area contributed by atoms with Crippen molar-refractivity contribution in [3.05, 3.63) is 33.7 Å². The summed E-state index contributed by atoms with van der Waals surface area (Å²) >= 11 is 1.58. The number of urea groups is 1. The van der Waals surface area contributed by atoms with Gasteiger partial charge in [-0.15, -0.1) is 11.3 Å². The van der Waals surface area contributed by atoms with Crippen LogP contribution in [-0.4, -0.2) is 65.9 Å². The van der Waals surface area contributed by atoms with Gasteiger partial charge < -0.3 is 15.1 Å². The van der Waals surface area contributed by atoms with Crippen molar-refractivity contribution in [2.75, 3.05) is 33.2 Å². The van der Waals surface area contributed by atoms with Gasteiger partial charge in [-0.2, -0.15) is 0 Å². The van der Waals surface area contributed by atoms with Crippen LogP contribution in [0.2, 0.25) is 0 Å². The second kappa shape index (κ2) is 7.64. The smallest absolute Gasteiger partial charge is 0.322 e. The molecule has 1 aromatic rings. The van der Waals surface area contributed by atoms with Crippen molar-refractivity contribution in [1.29, 1.82) is 0 Å². The van der Waals surface area contributed by atoms with E-state index in [1.54, 1.807) is 23.3 Å². The minimum absolute atomic E-state index is 0.0712. The number of carbonyl (C=O) groups excluding carboxylic acids is 2. The highest BCUT2D eigenvalue weighted by molar-refractivity contribution is 7.10. The number of rotatable bonds is 5. The number of carbonyl (C=O) groups is 2. The maximum Gasteiger partial charge on any atom is 0.322 e. The first kappa shape index (κ1) is 18.5. The van der Waals surface area contributed by atoms with E-state index in [0.717, 1.165) is 35.7 Å². The number of amides is 3. The number of piperidine rings is 1. The van der Waals surface area contributed by atoms with Crippen molar-refractivity contribution in [3.63, 3.8) is 0 Å². The highest BCUT2D eigenvalue weighted by atomic mass is 32.1. The molecule has 4 heterocycles. The van der Waals surface area contributed by atoms with Crippen molar-refractivity contribution in [3.8, 4) is 0 Å². The van der Waals surface area contributed by atoms with Crippen molar-refractivity contribution < 1.29 is 9.59 Å². The number of likely N-dealkylation sites (N-methyl/N-ethyl adjacent to an activating group) is 1. The summed E-state index contributed by atoms with van der Waals surface area (Å²) < 4.78 is 0. The number of likely N-dealkylation sites (tertiary alicyclic amines) is 1. The molecule has 1 N–H and O–H groups in total. The largest absolute Gasteiger partial charge is 0.333 e. The van der Waals surface area contributed by atoms with Gasteiger partial charge in [0.2, 0.25) is 0 Å². The van der Waals surface area contributed by atoms with Crippen LogP contribution in [0.5, 0.6) is 0 Å². The highest BCUT2D eigenvalue weighted by Gasteiger charge is 2.42. The van der Waals surface area contributed by atoms with Gasteiger partial charge in [0.15, 0.2) is 0 Å². The predicted octanol–water partition coefficient (Wildman–Crippen LogP) is 2.81. The number of thiophene rings is 1. The molecule has 4 rings (SSSR count). The van der Waals surface area contributed by atoms with Gasteiger partial charge in [-0.05, 0) is 44.2 Å². The third-order valence-electron chi connectivity index (χ3n) is 6.08. The number of hydrogen-bond donors (Lipinski definition) is 1. The molecule has 1 fully saturated rings. The lowest BCUT2D eigenvalue weighted by Gasteiger charge is -2.33. The Hall–Kier alpha value is -1.86. The van der Waals surface area contributed by atoms with Gasteiger partial charge in [0, 0.05) is 31.1 Å². The van der Waals surface area contributed by atoms with Gasteiger partial charge in [0.1, 0.15) is 0 Å². The minimum Gasteiger partial charge on any atom is -0.333 e. The molecule has 146 valence electrons. The van der Waals surface area contributed by atoms with E-state index < -0.39 is 0 Å². The summed E-state index contributed by atoms with van der Waals surface area (Å²) in [7, 11) is 1.75. The lowest BCUT2D eigenvalue weighted by atomic mass is 10.0. The molecule has 0 bridgehead atoms. The summed E-state index contributed by atoms with van der Waals surface area (Å²) in [4.78, 5) is 32.6. The van der Waals surface area contributed by atoms with Crippen LogP contribution < -0.4 is 5.32 Å². The fraction of sp³-hybridized carbons (Fsp3) is 0.600. The Morgan fingerprint density at radius 3 is 2.85 bits per heavy atom. The van der Waals surface area contributed by atoms with E-state index in [0.29, 0.717) is 12.6 Å². The summed E-state index contributed by atoms with van der Waals surface area (Å²) in [5.41, 5.74) is 1.60. The standard InChI is InChI=1S/C20H28N4O2S/c1-14-7-3-4-9-23(14)10-6-11-24-13-15-17(19(24)25)18(16-8-5-12-27-16)21-20(26)22(15)2/h5,8,12,14,18H,3-4,6-7,9-11,13H2,1-2H3,(H,21,26). The Labute approximate surface area is 164 Å². The molecule has 7 heteroatoms. The average Bonchev–Trinajstić information content (AvgIpc) is 3.29.